The number of aliphatic hydroxyl groups excluding tert-OH is 1. The SMILES string of the molecule is CC(c1ccccc1)(c1cc2ccccc2[nH]1)C(O)S(=O)(=O)O. The number of nitrogens with one attached hydrogen (secondary N) is 1. The Balaban J connectivity index is 2.27. The molecule has 2 aromatic carbocycles. The van der Waals surface area contributed by atoms with Gasteiger partial charge >= 0.3 is 0 Å². The molecule has 3 aromatic rings. The van der Waals surface area contributed by atoms with Gasteiger partial charge in [-0.05, 0) is 30.0 Å². The Morgan fingerprint density at radius 3 is 2.26 bits per heavy atom. The maximum atomic E-state index is 11.6. The van der Waals surface area contributed by atoms with Crippen molar-refractivity contribution in [1.82, 2.24) is 4.98 Å². The molecule has 0 saturated carbocycles. The van der Waals surface area contributed by atoms with E-state index in [9.17, 15) is 18.1 Å². The molecule has 0 fully saturated rings. The molecular weight excluding hydrogens is 314 g/mol. The monoisotopic (exact) mass is 331 g/mol. The number of hydrogen-bond donors (Lipinski definition) is 3. The fourth-order valence-corrected chi connectivity index (χ4v) is 3.73. The number of aromatic amines is 1. The van der Waals surface area contributed by atoms with Gasteiger partial charge in [0, 0.05) is 11.2 Å². The number of aromatic nitrogens is 1. The van der Waals surface area contributed by atoms with Crippen molar-refractivity contribution >= 4 is 21.0 Å². The lowest BCUT2D eigenvalue weighted by Crippen LogP contribution is -2.43. The molecule has 1 aromatic heterocycles. The maximum absolute atomic E-state index is 11.6. The van der Waals surface area contributed by atoms with Crippen molar-refractivity contribution in [2.24, 2.45) is 0 Å². The number of aliphatic hydroxyl groups is 1. The van der Waals surface area contributed by atoms with Gasteiger partial charge in [0.1, 0.15) is 0 Å². The van der Waals surface area contributed by atoms with Gasteiger partial charge in [0.2, 0.25) is 0 Å². The van der Waals surface area contributed by atoms with Crippen LogP contribution >= 0.6 is 0 Å². The van der Waals surface area contributed by atoms with Gasteiger partial charge in [-0.25, -0.2) is 0 Å². The Labute approximate surface area is 134 Å². The molecule has 2 atom stereocenters. The minimum absolute atomic E-state index is 0.509. The van der Waals surface area contributed by atoms with Crippen molar-refractivity contribution in [2.75, 3.05) is 0 Å². The van der Waals surface area contributed by atoms with E-state index in [1.54, 1.807) is 43.3 Å². The molecule has 120 valence electrons. The van der Waals surface area contributed by atoms with E-state index in [4.69, 9.17) is 0 Å². The highest BCUT2D eigenvalue weighted by Crippen LogP contribution is 2.38. The largest absolute Gasteiger partial charge is 0.374 e. The van der Waals surface area contributed by atoms with Gasteiger partial charge < -0.3 is 10.1 Å². The molecule has 0 aliphatic heterocycles. The summed E-state index contributed by atoms with van der Waals surface area (Å²) >= 11 is 0. The van der Waals surface area contributed by atoms with Crippen LogP contribution in [-0.4, -0.2) is 28.5 Å². The van der Waals surface area contributed by atoms with Gasteiger partial charge in [0.25, 0.3) is 10.1 Å². The van der Waals surface area contributed by atoms with Crippen LogP contribution < -0.4 is 0 Å². The minimum Gasteiger partial charge on any atom is -0.374 e. The van der Waals surface area contributed by atoms with E-state index in [1.165, 1.54) is 0 Å². The highest BCUT2D eigenvalue weighted by atomic mass is 32.2. The quantitative estimate of drug-likeness (QED) is 0.641. The molecule has 0 aliphatic rings. The summed E-state index contributed by atoms with van der Waals surface area (Å²) in [5.41, 5.74) is -1.42. The number of fused-ring (bicyclic) bond motifs is 1. The maximum Gasteiger partial charge on any atom is 0.293 e. The fraction of sp³-hybridized carbons (Fsp3) is 0.176. The Hall–Kier alpha value is -2.15. The molecule has 1 heterocycles. The zero-order valence-electron chi connectivity index (χ0n) is 12.5. The molecule has 2 unspecified atom stereocenters. The summed E-state index contributed by atoms with van der Waals surface area (Å²) in [5, 5.41) is 11.3. The highest BCUT2D eigenvalue weighted by molar-refractivity contribution is 7.86. The first-order valence-corrected chi connectivity index (χ1v) is 8.62. The van der Waals surface area contributed by atoms with Crippen molar-refractivity contribution in [3.63, 3.8) is 0 Å². The third-order valence-electron chi connectivity index (χ3n) is 4.24. The topological polar surface area (TPSA) is 90.4 Å². The third-order valence-corrected chi connectivity index (χ3v) is 5.27. The van der Waals surface area contributed by atoms with Crippen LogP contribution in [0.4, 0.5) is 0 Å². The average molecular weight is 331 g/mol. The number of hydrogen-bond acceptors (Lipinski definition) is 3. The highest BCUT2D eigenvalue weighted by Gasteiger charge is 2.45. The van der Waals surface area contributed by atoms with E-state index in [2.05, 4.69) is 4.98 Å². The zero-order chi connectivity index (χ0) is 16.7. The first-order valence-electron chi connectivity index (χ1n) is 7.11. The van der Waals surface area contributed by atoms with Crippen molar-refractivity contribution in [3.8, 4) is 0 Å². The van der Waals surface area contributed by atoms with Crippen molar-refractivity contribution in [2.45, 2.75) is 17.8 Å². The second kappa shape index (κ2) is 5.49. The molecular formula is C17H17NO4S. The first kappa shape index (κ1) is 15.7. The summed E-state index contributed by atoms with van der Waals surface area (Å²) < 4.78 is 32.7. The van der Waals surface area contributed by atoms with E-state index in [0.717, 1.165) is 10.9 Å². The molecule has 23 heavy (non-hydrogen) atoms. The van der Waals surface area contributed by atoms with E-state index in [1.807, 2.05) is 24.3 Å². The van der Waals surface area contributed by atoms with Crippen molar-refractivity contribution in [1.29, 1.82) is 0 Å². The molecule has 0 spiro atoms. The van der Waals surface area contributed by atoms with E-state index < -0.39 is 21.0 Å². The van der Waals surface area contributed by atoms with E-state index in [0.29, 0.717) is 11.3 Å². The normalized spacial score (nSPS) is 16.1. The Morgan fingerprint density at radius 2 is 1.65 bits per heavy atom. The van der Waals surface area contributed by atoms with Gasteiger partial charge in [-0.3, -0.25) is 4.55 Å². The second-order valence-corrected chi connectivity index (χ2v) is 7.18. The number of benzene rings is 2. The number of rotatable bonds is 4. The summed E-state index contributed by atoms with van der Waals surface area (Å²) in [5.74, 6) is 0. The average Bonchev–Trinajstić information content (AvgIpc) is 2.98. The molecule has 6 heteroatoms. The van der Waals surface area contributed by atoms with Gasteiger partial charge in [0.15, 0.2) is 5.44 Å². The van der Waals surface area contributed by atoms with Crippen LogP contribution in [-0.2, 0) is 15.5 Å². The molecule has 0 amide bonds. The summed E-state index contributed by atoms with van der Waals surface area (Å²) in [6.45, 7) is 1.59. The minimum atomic E-state index is -4.66. The molecule has 0 saturated heterocycles. The van der Waals surface area contributed by atoms with Crippen LogP contribution in [0.3, 0.4) is 0 Å². The summed E-state index contributed by atoms with van der Waals surface area (Å²) in [7, 11) is -4.66. The van der Waals surface area contributed by atoms with Gasteiger partial charge in [-0.15, -0.1) is 0 Å². The summed E-state index contributed by atoms with van der Waals surface area (Å²) in [6.07, 6.45) is 0. The smallest absolute Gasteiger partial charge is 0.293 e. The molecule has 0 bridgehead atoms. The molecule has 3 N–H and O–H groups in total. The van der Waals surface area contributed by atoms with Crippen LogP contribution in [0.25, 0.3) is 10.9 Å². The lowest BCUT2D eigenvalue weighted by Gasteiger charge is -2.32. The zero-order valence-corrected chi connectivity index (χ0v) is 13.3. The first-order chi connectivity index (χ1) is 10.8. The van der Waals surface area contributed by atoms with E-state index >= 15 is 0 Å². The van der Waals surface area contributed by atoms with Crippen LogP contribution in [0.1, 0.15) is 18.2 Å². The standard InChI is InChI=1S/C17H17NO4S/c1-17(16(19)23(20,21)22,13-8-3-2-4-9-13)15-11-12-7-5-6-10-14(12)18-15/h2-11,16,18-19H,1H3,(H,20,21,22). The van der Waals surface area contributed by atoms with Gasteiger partial charge in [0.05, 0.1) is 5.41 Å². The van der Waals surface area contributed by atoms with Crippen LogP contribution in [0.15, 0.2) is 60.7 Å². The fourth-order valence-electron chi connectivity index (χ4n) is 2.87. The predicted molar refractivity (Wildman–Crippen MR) is 88.8 cm³/mol. The second-order valence-electron chi connectivity index (χ2n) is 5.71. The lowest BCUT2D eigenvalue weighted by molar-refractivity contribution is 0.169. The van der Waals surface area contributed by atoms with Crippen molar-refractivity contribution < 1.29 is 18.1 Å². The molecule has 5 nitrogen and oxygen atoms in total. The third kappa shape index (κ3) is 2.65. The Kier molecular flexibility index (Phi) is 3.75. The molecule has 3 rings (SSSR count). The molecule has 0 aliphatic carbocycles. The Bertz CT molecular complexity index is 900. The van der Waals surface area contributed by atoms with Gasteiger partial charge in [-0.2, -0.15) is 8.42 Å². The Morgan fingerprint density at radius 1 is 1.04 bits per heavy atom. The van der Waals surface area contributed by atoms with Gasteiger partial charge in [-0.1, -0.05) is 48.5 Å². The molecule has 0 radical (unpaired) electrons. The number of H-pyrrole nitrogens is 1. The predicted octanol–water partition coefficient (Wildman–Crippen LogP) is 2.68. The summed E-state index contributed by atoms with van der Waals surface area (Å²) in [4.78, 5) is 3.15. The van der Waals surface area contributed by atoms with Crippen LogP contribution in [0.2, 0.25) is 0 Å². The summed E-state index contributed by atoms with van der Waals surface area (Å²) in [6, 6.07) is 18.0. The van der Waals surface area contributed by atoms with Crippen LogP contribution in [0, 0.1) is 0 Å². The van der Waals surface area contributed by atoms with Crippen molar-refractivity contribution in [3.05, 3.63) is 71.9 Å². The van der Waals surface area contributed by atoms with E-state index in [-0.39, 0.29) is 0 Å². The van der Waals surface area contributed by atoms with Crippen LogP contribution in [0.5, 0.6) is 0 Å². The lowest BCUT2D eigenvalue weighted by atomic mass is 9.80. The number of para-hydroxylation sites is 1.